The summed E-state index contributed by atoms with van der Waals surface area (Å²) in [5, 5.41) is 5.97. The van der Waals surface area contributed by atoms with Crippen molar-refractivity contribution in [3.05, 3.63) is 65.5 Å². The Labute approximate surface area is 157 Å². The molecular weight excluding hydrogens is 340 g/mol. The number of aromatic nitrogens is 2. The van der Waals surface area contributed by atoms with E-state index in [1.807, 2.05) is 56.3 Å². The number of fused-ring (bicyclic) bond motifs is 2. The molecule has 0 spiro atoms. The standard InChI is InChI=1S/C21H22N4O2/c1-12(2)19(20-22-15-9-5-6-10-16(15)23-20)25-18(26)11-17-13-7-3-4-8-14(13)21(27)24-17/h3-10,12,17,19H,11H2,1-2H3,(H,22,23)(H,24,27)(H,25,26)/t17-,19-/m0/s1. The Morgan fingerprint density at radius 3 is 2.67 bits per heavy atom. The Kier molecular flexibility index (Phi) is 4.39. The number of amides is 2. The number of aromatic amines is 1. The third-order valence-electron chi connectivity index (χ3n) is 4.96. The number of carbonyl (C=O) groups is 2. The highest BCUT2D eigenvalue weighted by molar-refractivity contribution is 5.99. The largest absolute Gasteiger partial charge is 0.346 e. The molecule has 3 aromatic rings. The van der Waals surface area contributed by atoms with Crippen molar-refractivity contribution in [1.82, 2.24) is 20.6 Å². The van der Waals surface area contributed by atoms with E-state index in [-0.39, 0.29) is 36.2 Å². The summed E-state index contributed by atoms with van der Waals surface area (Å²) >= 11 is 0. The molecule has 6 heteroatoms. The summed E-state index contributed by atoms with van der Waals surface area (Å²) in [4.78, 5) is 32.7. The van der Waals surface area contributed by atoms with Gasteiger partial charge in [0.2, 0.25) is 5.91 Å². The van der Waals surface area contributed by atoms with E-state index in [1.165, 1.54) is 0 Å². The highest BCUT2D eigenvalue weighted by Crippen LogP contribution is 2.28. The molecule has 0 bridgehead atoms. The summed E-state index contributed by atoms with van der Waals surface area (Å²) in [6.07, 6.45) is 0.201. The van der Waals surface area contributed by atoms with Crippen LogP contribution in [-0.4, -0.2) is 21.8 Å². The number of para-hydroxylation sites is 2. The lowest BCUT2D eigenvalue weighted by molar-refractivity contribution is -0.122. The SMILES string of the molecule is CC(C)[C@H](NC(=O)C[C@@H]1NC(=O)c2ccccc21)c1nc2ccccc2[nH]1. The van der Waals surface area contributed by atoms with E-state index in [0.717, 1.165) is 22.4 Å². The van der Waals surface area contributed by atoms with Crippen molar-refractivity contribution < 1.29 is 9.59 Å². The van der Waals surface area contributed by atoms with Crippen LogP contribution in [0, 0.1) is 5.92 Å². The fourth-order valence-electron chi connectivity index (χ4n) is 3.57. The summed E-state index contributed by atoms with van der Waals surface area (Å²) in [6.45, 7) is 4.09. The van der Waals surface area contributed by atoms with Crippen molar-refractivity contribution in [2.75, 3.05) is 0 Å². The molecule has 0 aliphatic carbocycles. The Bertz CT molecular complexity index is 975. The number of rotatable bonds is 5. The molecule has 1 aliphatic heterocycles. The first-order valence-electron chi connectivity index (χ1n) is 9.16. The molecule has 6 nitrogen and oxygen atoms in total. The quantitative estimate of drug-likeness (QED) is 0.651. The topological polar surface area (TPSA) is 86.9 Å². The molecule has 1 aliphatic rings. The zero-order chi connectivity index (χ0) is 19.0. The van der Waals surface area contributed by atoms with Gasteiger partial charge < -0.3 is 15.6 Å². The third-order valence-corrected chi connectivity index (χ3v) is 4.96. The van der Waals surface area contributed by atoms with Gasteiger partial charge in [-0.2, -0.15) is 0 Å². The number of benzene rings is 2. The third kappa shape index (κ3) is 3.30. The summed E-state index contributed by atoms with van der Waals surface area (Å²) in [5.74, 6) is 0.674. The van der Waals surface area contributed by atoms with Gasteiger partial charge in [0.1, 0.15) is 5.82 Å². The minimum absolute atomic E-state index is 0.115. The maximum atomic E-state index is 12.7. The second-order valence-electron chi connectivity index (χ2n) is 7.25. The van der Waals surface area contributed by atoms with Crippen molar-refractivity contribution in [2.45, 2.75) is 32.4 Å². The van der Waals surface area contributed by atoms with Crippen LogP contribution in [0.3, 0.4) is 0 Å². The lowest BCUT2D eigenvalue weighted by Gasteiger charge is -2.21. The van der Waals surface area contributed by atoms with Crippen LogP contribution >= 0.6 is 0 Å². The molecule has 2 aromatic carbocycles. The molecular formula is C21H22N4O2. The van der Waals surface area contributed by atoms with E-state index in [9.17, 15) is 9.59 Å². The number of carbonyl (C=O) groups excluding carboxylic acids is 2. The summed E-state index contributed by atoms with van der Waals surface area (Å²) in [7, 11) is 0. The summed E-state index contributed by atoms with van der Waals surface area (Å²) < 4.78 is 0. The van der Waals surface area contributed by atoms with Crippen LogP contribution in [-0.2, 0) is 4.79 Å². The van der Waals surface area contributed by atoms with Crippen LogP contribution in [0.15, 0.2) is 48.5 Å². The van der Waals surface area contributed by atoms with E-state index < -0.39 is 0 Å². The molecule has 3 N–H and O–H groups in total. The van der Waals surface area contributed by atoms with Gasteiger partial charge in [-0.15, -0.1) is 0 Å². The molecule has 0 radical (unpaired) electrons. The van der Waals surface area contributed by atoms with Crippen molar-refractivity contribution in [3.63, 3.8) is 0 Å². The number of nitrogens with zero attached hydrogens (tertiary/aromatic N) is 1. The number of hydrogen-bond acceptors (Lipinski definition) is 3. The molecule has 138 valence electrons. The van der Waals surface area contributed by atoms with Gasteiger partial charge >= 0.3 is 0 Å². The Morgan fingerprint density at radius 1 is 1.15 bits per heavy atom. The highest BCUT2D eigenvalue weighted by Gasteiger charge is 2.31. The van der Waals surface area contributed by atoms with Crippen LogP contribution in [0.25, 0.3) is 11.0 Å². The van der Waals surface area contributed by atoms with Gasteiger partial charge in [0.25, 0.3) is 5.91 Å². The fraction of sp³-hybridized carbons (Fsp3) is 0.286. The molecule has 1 aromatic heterocycles. The second kappa shape index (κ2) is 6.87. The lowest BCUT2D eigenvalue weighted by Crippen LogP contribution is -2.34. The van der Waals surface area contributed by atoms with E-state index in [4.69, 9.17) is 0 Å². The van der Waals surface area contributed by atoms with Gasteiger partial charge in [0.05, 0.1) is 29.5 Å². The molecule has 0 saturated heterocycles. The zero-order valence-electron chi connectivity index (χ0n) is 15.3. The van der Waals surface area contributed by atoms with Crippen molar-refractivity contribution in [1.29, 1.82) is 0 Å². The molecule has 2 amide bonds. The van der Waals surface area contributed by atoms with Crippen LogP contribution in [0.5, 0.6) is 0 Å². The molecule has 0 saturated carbocycles. The average Bonchev–Trinajstić information content (AvgIpc) is 3.21. The molecule has 2 heterocycles. The second-order valence-corrected chi connectivity index (χ2v) is 7.25. The zero-order valence-corrected chi connectivity index (χ0v) is 15.3. The fourth-order valence-corrected chi connectivity index (χ4v) is 3.57. The van der Waals surface area contributed by atoms with Crippen LogP contribution in [0.4, 0.5) is 0 Å². The lowest BCUT2D eigenvalue weighted by atomic mass is 10.0. The van der Waals surface area contributed by atoms with Gasteiger partial charge in [-0.3, -0.25) is 9.59 Å². The first kappa shape index (κ1) is 17.3. The summed E-state index contributed by atoms with van der Waals surface area (Å²) in [6, 6.07) is 14.7. The normalized spacial score (nSPS) is 17.0. The van der Waals surface area contributed by atoms with Gasteiger partial charge in [0, 0.05) is 5.56 Å². The van der Waals surface area contributed by atoms with Crippen molar-refractivity contribution >= 4 is 22.8 Å². The highest BCUT2D eigenvalue weighted by atomic mass is 16.2. The molecule has 2 atom stereocenters. The molecule has 0 fully saturated rings. The maximum absolute atomic E-state index is 12.7. The molecule has 4 rings (SSSR count). The number of H-pyrrole nitrogens is 1. The predicted molar refractivity (Wildman–Crippen MR) is 103 cm³/mol. The monoisotopic (exact) mass is 362 g/mol. The van der Waals surface area contributed by atoms with Gasteiger partial charge in [-0.1, -0.05) is 44.2 Å². The predicted octanol–water partition coefficient (Wildman–Crippen LogP) is 3.25. The number of nitrogens with one attached hydrogen (secondary N) is 3. The van der Waals surface area contributed by atoms with Gasteiger partial charge in [-0.25, -0.2) is 4.98 Å². The maximum Gasteiger partial charge on any atom is 0.252 e. The van der Waals surface area contributed by atoms with Gasteiger partial charge in [-0.05, 0) is 29.7 Å². The summed E-state index contributed by atoms with van der Waals surface area (Å²) in [5.41, 5.74) is 3.35. The van der Waals surface area contributed by atoms with Crippen LogP contribution < -0.4 is 10.6 Å². The molecule has 0 unspecified atom stereocenters. The van der Waals surface area contributed by atoms with Crippen molar-refractivity contribution in [3.8, 4) is 0 Å². The first-order valence-corrected chi connectivity index (χ1v) is 9.16. The first-order chi connectivity index (χ1) is 13.0. The number of imidazole rings is 1. The minimum Gasteiger partial charge on any atom is -0.346 e. The smallest absolute Gasteiger partial charge is 0.252 e. The van der Waals surface area contributed by atoms with E-state index >= 15 is 0 Å². The Morgan fingerprint density at radius 2 is 1.89 bits per heavy atom. The van der Waals surface area contributed by atoms with Crippen molar-refractivity contribution in [2.24, 2.45) is 5.92 Å². The average molecular weight is 362 g/mol. The van der Waals surface area contributed by atoms with E-state index in [2.05, 4.69) is 20.6 Å². The van der Waals surface area contributed by atoms with Crippen LogP contribution in [0.1, 0.15) is 54.1 Å². The van der Waals surface area contributed by atoms with E-state index in [1.54, 1.807) is 6.07 Å². The minimum atomic E-state index is -0.294. The van der Waals surface area contributed by atoms with Crippen LogP contribution in [0.2, 0.25) is 0 Å². The molecule has 27 heavy (non-hydrogen) atoms. The Balaban J connectivity index is 1.51. The Hall–Kier alpha value is -3.15. The number of hydrogen-bond donors (Lipinski definition) is 3. The van der Waals surface area contributed by atoms with E-state index in [0.29, 0.717) is 5.56 Å². The van der Waals surface area contributed by atoms with Gasteiger partial charge in [0.15, 0.2) is 0 Å².